The number of thiocarbonyl (C=S) groups is 1. The van der Waals surface area contributed by atoms with Crippen LogP contribution in [0.3, 0.4) is 0 Å². The Labute approximate surface area is 164 Å². The summed E-state index contributed by atoms with van der Waals surface area (Å²) in [4.78, 5) is 11.2. The third-order valence-corrected chi connectivity index (χ3v) is 6.49. The van der Waals surface area contributed by atoms with Crippen molar-refractivity contribution in [3.05, 3.63) is 29.8 Å². The van der Waals surface area contributed by atoms with Gasteiger partial charge in [-0.2, -0.15) is 9.41 Å². The van der Waals surface area contributed by atoms with Crippen LogP contribution in [0.25, 0.3) is 0 Å². The molecule has 1 fully saturated rings. The summed E-state index contributed by atoms with van der Waals surface area (Å²) in [6.45, 7) is 4.75. The molecule has 0 radical (unpaired) electrons. The average molecular weight is 413 g/mol. The first-order chi connectivity index (χ1) is 12.8. The number of piperidine rings is 1. The lowest BCUT2D eigenvalue weighted by molar-refractivity contribution is -0.142. The number of carboxylic acids is 1. The third-order valence-electron chi connectivity index (χ3n) is 4.36. The number of benzene rings is 1. The number of nitrogens with one attached hydrogen (secondary N) is 2. The van der Waals surface area contributed by atoms with Crippen molar-refractivity contribution in [1.29, 1.82) is 0 Å². The molecule has 27 heavy (non-hydrogen) atoms. The van der Waals surface area contributed by atoms with E-state index in [0.717, 1.165) is 0 Å². The van der Waals surface area contributed by atoms with Gasteiger partial charge in [0.15, 0.2) is 5.11 Å². The minimum absolute atomic E-state index is 0.164. The first-order valence-corrected chi connectivity index (χ1v) is 10.5. The number of rotatable bonds is 6. The molecule has 0 amide bonds. The Kier molecular flexibility index (Phi) is 7.28. The number of aliphatic carboxylic acids is 1. The van der Waals surface area contributed by atoms with Crippen LogP contribution in [0.2, 0.25) is 0 Å². The summed E-state index contributed by atoms with van der Waals surface area (Å²) in [5.74, 6) is -1.35. The van der Waals surface area contributed by atoms with Crippen molar-refractivity contribution in [2.75, 3.05) is 19.6 Å². The maximum absolute atomic E-state index is 12.9. The van der Waals surface area contributed by atoms with E-state index in [-0.39, 0.29) is 18.0 Å². The fourth-order valence-corrected chi connectivity index (χ4v) is 4.48. The second-order valence-corrected chi connectivity index (χ2v) is 8.56. The second-order valence-electron chi connectivity index (χ2n) is 6.21. The fraction of sp³-hybridized carbons (Fsp3) is 0.471. The molecule has 10 heteroatoms. The van der Waals surface area contributed by atoms with Crippen LogP contribution < -0.4 is 10.7 Å². The lowest BCUT2D eigenvalue weighted by Crippen LogP contribution is -2.40. The molecule has 1 heterocycles. The number of hydrogen-bond donors (Lipinski definition) is 3. The summed E-state index contributed by atoms with van der Waals surface area (Å²) in [6.07, 6.45) is 0.640. The van der Waals surface area contributed by atoms with Crippen LogP contribution in [0.15, 0.2) is 34.3 Å². The lowest BCUT2D eigenvalue weighted by atomic mass is 9.99. The van der Waals surface area contributed by atoms with Crippen LogP contribution in [-0.4, -0.2) is 54.3 Å². The van der Waals surface area contributed by atoms with E-state index in [1.54, 1.807) is 25.1 Å². The van der Waals surface area contributed by atoms with Crippen LogP contribution in [-0.2, 0) is 14.8 Å². The lowest BCUT2D eigenvalue weighted by Gasteiger charge is -2.29. The second kappa shape index (κ2) is 9.25. The first-order valence-electron chi connectivity index (χ1n) is 8.67. The van der Waals surface area contributed by atoms with Gasteiger partial charge in [0.25, 0.3) is 0 Å². The highest BCUT2D eigenvalue weighted by Crippen LogP contribution is 2.24. The smallest absolute Gasteiger partial charge is 0.306 e. The Morgan fingerprint density at radius 1 is 1.37 bits per heavy atom. The quantitative estimate of drug-likeness (QED) is 0.368. The summed E-state index contributed by atoms with van der Waals surface area (Å²) in [5.41, 5.74) is 3.96. The predicted octanol–water partition coefficient (Wildman–Crippen LogP) is 1.38. The van der Waals surface area contributed by atoms with E-state index >= 15 is 0 Å². The molecule has 1 aromatic carbocycles. The van der Waals surface area contributed by atoms with Gasteiger partial charge in [-0.05, 0) is 56.6 Å². The van der Waals surface area contributed by atoms with Crippen LogP contribution >= 0.6 is 12.2 Å². The first kappa shape index (κ1) is 21.3. The van der Waals surface area contributed by atoms with Gasteiger partial charge in [-0.3, -0.25) is 10.2 Å². The maximum Gasteiger partial charge on any atom is 0.306 e. The number of carbonyl (C=O) groups is 1. The van der Waals surface area contributed by atoms with Crippen molar-refractivity contribution in [2.45, 2.75) is 31.6 Å². The summed E-state index contributed by atoms with van der Waals surface area (Å²) < 4.78 is 27.1. The molecule has 1 aromatic rings. The molecule has 8 nitrogen and oxygen atoms in total. The van der Waals surface area contributed by atoms with E-state index in [9.17, 15) is 13.2 Å². The van der Waals surface area contributed by atoms with E-state index in [0.29, 0.717) is 35.8 Å². The van der Waals surface area contributed by atoms with Crippen molar-refractivity contribution in [1.82, 2.24) is 15.0 Å². The number of nitrogens with zero attached hydrogens (tertiary/aromatic N) is 2. The SMILES string of the molecule is CCNC(=S)N/N=C(/C)c1cccc(S(=O)(=O)N2CCC(C(=O)O)CC2)c1. The molecule has 0 aliphatic carbocycles. The minimum Gasteiger partial charge on any atom is -0.481 e. The van der Waals surface area contributed by atoms with Crippen molar-refractivity contribution in [3.8, 4) is 0 Å². The van der Waals surface area contributed by atoms with Gasteiger partial charge in [-0.15, -0.1) is 0 Å². The molecular formula is C17H24N4O4S2. The standard InChI is InChI=1S/C17H24N4O4S2/c1-3-18-17(26)20-19-12(2)14-5-4-6-15(11-14)27(24,25)21-9-7-13(8-10-21)16(22)23/h4-6,11,13H,3,7-10H2,1-2H3,(H,22,23)(H2,18,20,26)/b19-12-. The average Bonchev–Trinajstić information content (AvgIpc) is 2.66. The van der Waals surface area contributed by atoms with Crippen LogP contribution in [0.5, 0.6) is 0 Å². The fourth-order valence-electron chi connectivity index (χ4n) is 2.77. The topological polar surface area (TPSA) is 111 Å². The zero-order valence-electron chi connectivity index (χ0n) is 15.3. The van der Waals surface area contributed by atoms with Gasteiger partial charge in [0.05, 0.1) is 16.5 Å². The minimum atomic E-state index is -3.68. The molecule has 0 spiro atoms. The molecule has 3 N–H and O–H groups in total. The Morgan fingerprint density at radius 3 is 2.63 bits per heavy atom. The normalized spacial score (nSPS) is 16.7. The Morgan fingerprint density at radius 2 is 2.04 bits per heavy atom. The summed E-state index contributed by atoms with van der Waals surface area (Å²) in [6, 6.07) is 6.53. The van der Waals surface area contributed by atoms with Crippen molar-refractivity contribution >= 4 is 39.0 Å². The van der Waals surface area contributed by atoms with Crippen LogP contribution in [0.4, 0.5) is 0 Å². The van der Waals surface area contributed by atoms with Gasteiger partial charge in [0.2, 0.25) is 10.0 Å². The zero-order chi connectivity index (χ0) is 20.0. The maximum atomic E-state index is 12.9. The van der Waals surface area contributed by atoms with Gasteiger partial charge in [-0.1, -0.05) is 12.1 Å². The number of carboxylic acid groups (broad SMARTS) is 1. The highest BCUT2D eigenvalue weighted by atomic mass is 32.2. The zero-order valence-corrected chi connectivity index (χ0v) is 16.9. The highest BCUT2D eigenvalue weighted by molar-refractivity contribution is 7.89. The van der Waals surface area contributed by atoms with Crippen molar-refractivity contribution in [3.63, 3.8) is 0 Å². The molecule has 148 valence electrons. The van der Waals surface area contributed by atoms with E-state index < -0.39 is 21.9 Å². The van der Waals surface area contributed by atoms with Crippen molar-refractivity contribution < 1.29 is 18.3 Å². The van der Waals surface area contributed by atoms with Crippen LogP contribution in [0.1, 0.15) is 32.3 Å². The van der Waals surface area contributed by atoms with Crippen molar-refractivity contribution in [2.24, 2.45) is 11.0 Å². The van der Waals surface area contributed by atoms with Gasteiger partial charge >= 0.3 is 5.97 Å². The number of sulfonamides is 1. The molecule has 1 aliphatic heterocycles. The molecule has 2 rings (SSSR count). The molecular weight excluding hydrogens is 388 g/mol. The molecule has 1 saturated heterocycles. The third kappa shape index (κ3) is 5.47. The molecule has 0 unspecified atom stereocenters. The highest BCUT2D eigenvalue weighted by Gasteiger charge is 2.32. The number of hydrazone groups is 1. The molecule has 0 saturated carbocycles. The van der Waals surface area contributed by atoms with Gasteiger partial charge in [0.1, 0.15) is 0 Å². The van der Waals surface area contributed by atoms with E-state index in [4.69, 9.17) is 17.3 Å². The molecule has 1 aliphatic rings. The summed E-state index contributed by atoms with van der Waals surface area (Å²) in [7, 11) is -3.68. The van der Waals surface area contributed by atoms with Gasteiger partial charge in [0, 0.05) is 19.6 Å². The molecule has 0 aromatic heterocycles. The van der Waals surface area contributed by atoms with E-state index in [1.165, 1.54) is 10.4 Å². The van der Waals surface area contributed by atoms with Crippen LogP contribution in [0, 0.1) is 5.92 Å². The van der Waals surface area contributed by atoms with Gasteiger partial charge < -0.3 is 10.4 Å². The summed E-state index contributed by atoms with van der Waals surface area (Å²) >= 11 is 5.05. The molecule has 0 atom stereocenters. The van der Waals surface area contributed by atoms with E-state index in [1.807, 2.05) is 6.92 Å². The number of hydrogen-bond acceptors (Lipinski definition) is 5. The molecule has 0 bridgehead atoms. The Hall–Kier alpha value is -2.04. The Balaban J connectivity index is 2.15. The monoisotopic (exact) mass is 412 g/mol. The predicted molar refractivity (Wildman–Crippen MR) is 107 cm³/mol. The Bertz CT molecular complexity index is 831. The van der Waals surface area contributed by atoms with Gasteiger partial charge in [-0.25, -0.2) is 8.42 Å². The van der Waals surface area contributed by atoms with E-state index in [2.05, 4.69) is 15.8 Å². The largest absolute Gasteiger partial charge is 0.481 e. The summed E-state index contributed by atoms with van der Waals surface area (Å²) in [5, 5.41) is 16.5.